The Hall–Kier alpha value is -3.85. The topological polar surface area (TPSA) is 110 Å². The molecule has 2 N–H and O–H groups in total. The quantitative estimate of drug-likeness (QED) is 0.446. The summed E-state index contributed by atoms with van der Waals surface area (Å²) in [4.78, 5) is 32.5. The van der Waals surface area contributed by atoms with Crippen molar-refractivity contribution < 1.29 is 14.1 Å². The zero-order chi connectivity index (χ0) is 22.7. The Balaban J connectivity index is 1.41. The van der Waals surface area contributed by atoms with E-state index in [1.54, 1.807) is 31.2 Å². The third-order valence-electron chi connectivity index (χ3n) is 4.77. The lowest BCUT2D eigenvalue weighted by Gasteiger charge is -2.13. The summed E-state index contributed by atoms with van der Waals surface area (Å²) in [5, 5.41) is 11.9. The van der Waals surface area contributed by atoms with Gasteiger partial charge in [0, 0.05) is 29.0 Å². The summed E-state index contributed by atoms with van der Waals surface area (Å²) in [6.45, 7) is 5.18. The number of benzene rings is 2. The van der Waals surface area contributed by atoms with Crippen molar-refractivity contribution in [1.29, 1.82) is 0 Å². The van der Waals surface area contributed by atoms with Crippen molar-refractivity contribution in [2.45, 2.75) is 26.8 Å². The summed E-state index contributed by atoms with van der Waals surface area (Å²) in [6, 6.07) is 14.7. The summed E-state index contributed by atoms with van der Waals surface area (Å²) in [5.41, 5.74) is 3.95. The predicted octanol–water partition coefficient (Wildman–Crippen LogP) is 4.62. The number of thiazole rings is 1. The third kappa shape index (κ3) is 4.89. The molecule has 162 valence electrons. The fourth-order valence-corrected chi connectivity index (χ4v) is 3.86. The summed E-state index contributed by atoms with van der Waals surface area (Å²) in [5.74, 6) is 0.647. The molecule has 9 heteroatoms. The number of rotatable bonds is 6. The van der Waals surface area contributed by atoms with Crippen LogP contribution < -0.4 is 10.6 Å². The Bertz CT molecular complexity index is 1250. The number of hydrogen-bond acceptors (Lipinski definition) is 7. The molecule has 0 spiro atoms. The van der Waals surface area contributed by atoms with Crippen LogP contribution in [-0.4, -0.2) is 26.9 Å². The van der Waals surface area contributed by atoms with Gasteiger partial charge in [0.1, 0.15) is 0 Å². The molecule has 0 saturated heterocycles. The highest BCUT2D eigenvalue weighted by Crippen LogP contribution is 2.27. The van der Waals surface area contributed by atoms with Crippen LogP contribution in [0.25, 0.3) is 22.7 Å². The molecule has 0 aliphatic rings. The van der Waals surface area contributed by atoms with Gasteiger partial charge in [0.25, 0.3) is 11.8 Å². The normalized spacial score (nSPS) is 11.7. The number of anilines is 1. The maximum absolute atomic E-state index is 12.6. The number of aromatic nitrogens is 3. The monoisotopic (exact) mass is 447 g/mol. The van der Waals surface area contributed by atoms with Gasteiger partial charge in [0.05, 0.1) is 11.7 Å². The van der Waals surface area contributed by atoms with E-state index in [1.165, 1.54) is 18.3 Å². The highest BCUT2D eigenvalue weighted by Gasteiger charge is 2.13. The van der Waals surface area contributed by atoms with E-state index < -0.39 is 0 Å². The molecule has 4 aromatic rings. The van der Waals surface area contributed by atoms with Gasteiger partial charge >= 0.3 is 0 Å². The molecule has 0 saturated carbocycles. The van der Waals surface area contributed by atoms with Crippen molar-refractivity contribution in [2.24, 2.45) is 0 Å². The van der Waals surface area contributed by atoms with E-state index in [1.807, 2.05) is 36.6 Å². The molecule has 0 aliphatic carbocycles. The van der Waals surface area contributed by atoms with E-state index in [0.717, 1.165) is 22.4 Å². The fraction of sp³-hybridized carbons (Fsp3) is 0.174. The molecule has 0 aliphatic heterocycles. The lowest BCUT2D eigenvalue weighted by atomic mass is 10.1. The van der Waals surface area contributed by atoms with E-state index in [0.29, 0.717) is 22.4 Å². The molecule has 0 fully saturated rings. The maximum Gasteiger partial charge on any atom is 0.257 e. The Labute approximate surface area is 188 Å². The second kappa shape index (κ2) is 9.11. The minimum atomic E-state index is -0.251. The van der Waals surface area contributed by atoms with Gasteiger partial charge in [0.15, 0.2) is 11.0 Å². The lowest BCUT2D eigenvalue weighted by molar-refractivity contribution is -0.119. The zero-order valence-electron chi connectivity index (χ0n) is 17.7. The molecule has 0 bridgehead atoms. The Kier molecular flexibility index (Phi) is 6.09. The second-order valence-electron chi connectivity index (χ2n) is 7.26. The van der Waals surface area contributed by atoms with Crippen molar-refractivity contribution in [3.8, 4) is 22.7 Å². The van der Waals surface area contributed by atoms with Crippen LogP contribution in [0, 0.1) is 6.92 Å². The molecule has 2 heterocycles. The molecule has 4 rings (SSSR count). The van der Waals surface area contributed by atoms with Crippen molar-refractivity contribution in [3.63, 3.8) is 0 Å². The minimum absolute atomic E-state index is 0.0675. The SMILES string of the molecule is CC(=O)NC(C)c1ccc(-c2csc(NC(=O)c3ccc(-c4nc(C)no4)cc3)n2)cc1. The lowest BCUT2D eigenvalue weighted by Crippen LogP contribution is -2.23. The van der Waals surface area contributed by atoms with Crippen molar-refractivity contribution in [2.75, 3.05) is 5.32 Å². The first-order valence-electron chi connectivity index (χ1n) is 9.94. The Morgan fingerprint density at radius 3 is 2.31 bits per heavy atom. The summed E-state index contributed by atoms with van der Waals surface area (Å²) in [7, 11) is 0. The summed E-state index contributed by atoms with van der Waals surface area (Å²) in [6.07, 6.45) is 0. The number of nitrogens with zero attached hydrogens (tertiary/aromatic N) is 3. The smallest absolute Gasteiger partial charge is 0.257 e. The van der Waals surface area contributed by atoms with Crippen LogP contribution in [0.3, 0.4) is 0 Å². The molecule has 0 radical (unpaired) electrons. The van der Waals surface area contributed by atoms with Crippen LogP contribution in [0.15, 0.2) is 58.4 Å². The van der Waals surface area contributed by atoms with Gasteiger partial charge in [-0.2, -0.15) is 4.98 Å². The van der Waals surface area contributed by atoms with Gasteiger partial charge in [-0.1, -0.05) is 29.4 Å². The first-order chi connectivity index (χ1) is 15.4. The highest BCUT2D eigenvalue weighted by atomic mass is 32.1. The van der Waals surface area contributed by atoms with Crippen LogP contribution in [-0.2, 0) is 4.79 Å². The molecule has 1 unspecified atom stereocenters. The number of aryl methyl sites for hydroxylation is 1. The van der Waals surface area contributed by atoms with Crippen molar-refractivity contribution >= 4 is 28.3 Å². The maximum atomic E-state index is 12.6. The van der Waals surface area contributed by atoms with Gasteiger partial charge in [-0.25, -0.2) is 4.98 Å². The third-order valence-corrected chi connectivity index (χ3v) is 5.53. The minimum Gasteiger partial charge on any atom is -0.350 e. The Morgan fingerprint density at radius 1 is 1.00 bits per heavy atom. The second-order valence-corrected chi connectivity index (χ2v) is 8.12. The van der Waals surface area contributed by atoms with Crippen LogP contribution in [0.4, 0.5) is 5.13 Å². The van der Waals surface area contributed by atoms with E-state index >= 15 is 0 Å². The van der Waals surface area contributed by atoms with Gasteiger partial charge in [-0.15, -0.1) is 11.3 Å². The number of carbonyl (C=O) groups excluding carboxylic acids is 2. The van der Waals surface area contributed by atoms with E-state index in [9.17, 15) is 9.59 Å². The molecular formula is C23H21N5O3S. The average Bonchev–Trinajstić information content (AvgIpc) is 3.42. The van der Waals surface area contributed by atoms with Gasteiger partial charge < -0.3 is 9.84 Å². The first-order valence-corrected chi connectivity index (χ1v) is 10.8. The van der Waals surface area contributed by atoms with Gasteiger partial charge in [0.2, 0.25) is 5.91 Å². The van der Waals surface area contributed by atoms with Crippen LogP contribution >= 0.6 is 11.3 Å². The van der Waals surface area contributed by atoms with E-state index in [-0.39, 0.29) is 17.9 Å². The first kappa shape index (κ1) is 21.4. The number of nitrogens with one attached hydrogen (secondary N) is 2. The molecule has 8 nitrogen and oxygen atoms in total. The molecule has 2 aromatic carbocycles. The van der Waals surface area contributed by atoms with Crippen LogP contribution in [0.5, 0.6) is 0 Å². The fourth-order valence-electron chi connectivity index (χ4n) is 3.14. The summed E-state index contributed by atoms with van der Waals surface area (Å²) >= 11 is 1.36. The molecule has 2 aromatic heterocycles. The van der Waals surface area contributed by atoms with Crippen LogP contribution in [0.2, 0.25) is 0 Å². The predicted molar refractivity (Wildman–Crippen MR) is 122 cm³/mol. The number of amides is 2. The Morgan fingerprint density at radius 2 is 1.69 bits per heavy atom. The standard InChI is InChI=1S/C23H21N5O3S/c1-13(24-15(3)29)16-4-6-17(7-5-16)20-12-32-23(26-20)27-21(30)18-8-10-19(11-9-18)22-25-14(2)28-31-22/h4-13H,1-3H3,(H,24,29)(H,26,27,30). The van der Waals surface area contributed by atoms with Gasteiger partial charge in [-0.3, -0.25) is 14.9 Å². The van der Waals surface area contributed by atoms with Crippen molar-refractivity contribution in [3.05, 3.63) is 70.9 Å². The average molecular weight is 448 g/mol. The molecule has 2 amide bonds. The van der Waals surface area contributed by atoms with E-state index in [2.05, 4.69) is 25.8 Å². The molecular weight excluding hydrogens is 426 g/mol. The number of hydrogen-bond donors (Lipinski definition) is 2. The van der Waals surface area contributed by atoms with Crippen molar-refractivity contribution in [1.82, 2.24) is 20.4 Å². The molecule has 32 heavy (non-hydrogen) atoms. The van der Waals surface area contributed by atoms with Crippen LogP contribution in [0.1, 0.15) is 41.6 Å². The van der Waals surface area contributed by atoms with E-state index in [4.69, 9.17) is 4.52 Å². The van der Waals surface area contributed by atoms with Gasteiger partial charge in [-0.05, 0) is 43.7 Å². The summed E-state index contributed by atoms with van der Waals surface area (Å²) < 4.78 is 5.14. The zero-order valence-corrected chi connectivity index (χ0v) is 18.6. The largest absolute Gasteiger partial charge is 0.350 e. The molecule has 1 atom stereocenters. The highest BCUT2D eigenvalue weighted by molar-refractivity contribution is 7.14. The number of carbonyl (C=O) groups is 2.